The smallest absolute Gasteiger partial charge is 0.274 e. The van der Waals surface area contributed by atoms with Crippen LogP contribution in [-0.4, -0.2) is 60.0 Å². The van der Waals surface area contributed by atoms with Gasteiger partial charge in [0.25, 0.3) is 5.91 Å². The molecular formula is C19H22N4O4. The van der Waals surface area contributed by atoms with Crippen LogP contribution in [0, 0.1) is 0 Å². The van der Waals surface area contributed by atoms with Crippen LogP contribution in [0.25, 0.3) is 0 Å². The molecule has 2 aromatic rings. The summed E-state index contributed by atoms with van der Waals surface area (Å²) in [5, 5.41) is 3.15. The molecule has 0 atom stereocenters. The monoisotopic (exact) mass is 370 g/mol. The molecule has 3 heterocycles. The molecule has 2 fully saturated rings. The zero-order chi connectivity index (χ0) is 18.7. The summed E-state index contributed by atoms with van der Waals surface area (Å²) in [4.78, 5) is 23.0. The van der Waals surface area contributed by atoms with Crippen LogP contribution in [0.15, 0.2) is 36.7 Å². The Bertz CT molecular complexity index is 796. The van der Waals surface area contributed by atoms with Crippen molar-refractivity contribution >= 4 is 17.4 Å². The summed E-state index contributed by atoms with van der Waals surface area (Å²) in [6, 6.07) is 7.53. The normalized spacial score (nSPS) is 18.5. The van der Waals surface area contributed by atoms with Gasteiger partial charge in [0, 0.05) is 25.9 Å². The van der Waals surface area contributed by atoms with Crippen LogP contribution in [0.5, 0.6) is 5.75 Å². The van der Waals surface area contributed by atoms with Crippen LogP contribution < -0.4 is 10.1 Å². The van der Waals surface area contributed by atoms with Crippen LogP contribution in [0.3, 0.4) is 0 Å². The Morgan fingerprint density at radius 3 is 2.56 bits per heavy atom. The number of anilines is 2. The van der Waals surface area contributed by atoms with Crippen molar-refractivity contribution in [1.29, 1.82) is 0 Å². The van der Waals surface area contributed by atoms with E-state index in [-0.39, 0.29) is 5.91 Å². The highest BCUT2D eigenvalue weighted by molar-refractivity contribution is 5.92. The molecule has 1 amide bonds. The number of nitrogens with zero attached hydrogens (tertiary/aromatic N) is 3. The fourth-order valence-electron chi connectivity index (χ4n) is 3.39. The molecule has 0 aliphatic carbocycles. The third kappa shape index (κ3) is 3.72. The third-order valence-corrected chi connectivity index (χ3v) is 4.87. The van der Waals surface area contributed by atoms with E-state index < -0.39 is 5.79 Å². The molecule has 0 bridgehead atoms. The van der Waals surface area contributed by atoms with Gasteiger partial charge in [0.1, 0.15) is 17.3 Å². The van der Waals surface area contributed by atoms with Crippen LogP contribution in [0.4, 0.5) is 11.5 Å². The number of likely N-dealkylation sites (tertiary alicyclic amines) is 1. The number of hydrogen-bond acceptors (Lipinski definition) is 7. The number of amides is 1. The predicted molar refractivity (Wildman–Crippen MR) is 98.1 cm³/mol. The summed E-state index contributed by atoms with van der Waals surface area (Å²) in [6.07, 6.45) is 4.40. The summed E-state index contributed by atoms with van der Waals surface area (Å²) >= 11 is 0. The van der Waals surface area contributed by atoms with Gasteiger partial charge in [0.05, 0.1) is 38.4 Å². The number of benzene rings is 1. The molecule has 0 radical (unpaired) electrons. The topological polar surface area (TPSA) is 85.8 Å². The van der Waals surface area contributed by atoms with Gasteiger partial charge in [-0.25, -0.2) is 9.97 Å². The largest absolute Gasteiger partial charge is 0.495 e. The molecule has 2 aliphatic rings. The molecule has 0 saturated carbocycles. The molecule has 2 aliphatic heterocycles. The Kier molecular flexibility index (Phi) is 4.91. The number of hydrogen-bond donors (Lipinski definition) is 1. The standard InChI is InChI=1S/C19H22N4O4/c1-25-16-5-3-2-4-14(16)22-17-13-20-15(12-21-17)18(24)23-8-6-19(7-9-23)26-10-11-27-19/h2-5,12-13H,6-11H2,1H3,(H,21,22). The SMILES string of the molecule is COc1ccccc1Nc1cnc(C(=O)N2CCC3(CC2)OCCO3)cn1. The second-order valence-electron chi connectivity index (χ2n) is 6.51. The Morgan fingerprint density at radius 1 is 1.15 bits per heavy atom. The fraction of sp³-hybridized carbons (Fsp3) is 0.421. The van der Waals surface area contributed by atoms with E-state index in [1.54, 1.807) is 18.2 Å². The Balaban J connectivity index is 1.39. The minimum absolute atomic E-state index is 0.126. The Labute approximate surface area is 157 Å². The minimum atomic E-state index is -0.495. The van der Waals surface area contributed by atoms with Gasteiger partial charge in [0.15, 0.2) is 5.79 Å². The summed E-state index contributed by atoms with van der Waals surface area (Å²) in [6.45, 7) is 2.42. The maximum atomic E-state index is 12.7. The quantitative estimate of drug-likeness (QED) is 0.883. The van der Waals surface area contributed by atoms with Gasteiger partial charge in [0.2, 0.25) is 0 Å². The van der Waals surface area contributed by atoms with E-state index in [0.29, 0.717) is 56.4 Å². The molecule has 0 unspecified atom stereocenters. The number of nitrogens with one attached hydrogen (secondary N) is 1. The van der Waals surface area contributed by atoms with Crippen LogP contribution in [0.2, 0.25) is 0 Å². The first-order chi connectivity index (χ1) is 13.2. The molecule has 4 rings (SSSR count). The molecule has 8 nitrogen and oxygen atoms in total. The van der Waals surface area contributed by atoms with Gasteiger partial charge in [-0.05, 0) is 12.1 Å². The Morgan fingerprint density at radius 2 is 1.89 bits per heavy atom. The maximum absolute atomic E-state index is 12.7. The number of ether oxygens (including phenoxy) is 3. The molecule has 27 heavy (non-hydrogen) atoms. The zero-order valence-electron chi connectivity index (χ0n) is 15.2. The second-order valence-corrected chi connectivity index (χ2v) is 6.51. The average Bonchev–Trinajstić information content (AvgIpc) is 3.17. The molecule has 1 aromatic heterocycles. The summed E-state index contributed by atoms with van der Waals surface area (Å²) in [5.74, 6) is 0.629. The molecule has 8 heteroatoms. The third-order valence-electron chi connectivity index (χ3n) is 4.87. The van der Waals surface area contributed by atoms with Crippen molar-refractivity contribution in [1.82, 2.24) is 14.9 Å². The number of methoxy groups -OCH3 is 1. The van der Waals surface area contributed by atoms with E-state index in [1.165, 1.54) is 6.20 Å². The number of rotatable bonds is 4. The maximum Gasteiger partial charge on any atom is 0.274 e. The van der Waals surface area contributed by atoms with Crippen molar-refractivity contribution in [2.24, 2.45) is 0 Å². The lowest BCUT2D eigenvalue weighted by Crippen LogP contribution is -2.47. The van der Waals surface area contributed by atoms with E-state index in [0.717, 1.165) is 5.69 Å². The molecule has 2 saturated heterocycles. The van der Waals surface area contributed by atoms with Crippen LogP contribution in [-0.2, 0) is 9.47 Å². The van der Waals surface area contributed by atoms with Crippen molar-refractivity contribution in [2.75, 3.05) is 38.7 Å². The van der Waals surface area contributed by atoms with Crippen molar-refractivity contribution in [3.8, 4) is 5.75 Å². The first-order valence-corrected chi connectivity index (χ1v) is 8.98. The highest BCUT2D eigenvalue weighted by atomic mass is 16.7. The van der Waals surface area contributed by atoms with Gasteiger partial charge in [-0.2, -0.15) is 0 Å². The molecule has 1 N–H and O–H groups in total. The van der Waals surface area contributed by atoms with E-state index in [9.17, 15) is 4.79 Å². The van der Waals surface area contributed by atoms with E-state index in [4.69, 9.17) is 14.2 Å². The molecular weight excluding hydrogens is 348 g/mol. The average molecular weight is 370 g/mol. The Hall–Kier alpha value is -2.71. The van der Waals surface area contributed by atoms with Crippen LogP contribution >= 0.6 is 0 Å². The van der Waals surface area contributed by atoms with Crippen molar-refractivity contribution < 1.29 is 19.0 Å². The van der Waals surface area contributed by atoms with Crippen molar-refractivity contribution in [2.45, 2.75) is 18.6 Å². The van der Waals surface area contributed by atoms with Crippen LogP contribution in [0.1, 0.15) is 23.3 Å². The predicted octanol–water partition coefficient (Wildman–Crippen LogP) is 2.21. The van der Waals surface area contributed by atoms with Gasteiger partial charge < -0.3 is 24.4 Å². The van der Waals surface area contributed by atoms with Gasteiger partial charge in [-0.1, -0.05) is 12.1 Å². The first kappa shape index (κ1) is 17.7. The van der Waals surface area contributed by atoms with E-state index in [2.05, 4.69) is 15.3 Å². The van der Waals surface area contributed by atoms with Gasteiger partial charge in [-0.3, -0.25) is 4.79 Å². The second kappa shape index (κ2) is 7.50. The number of piperidine rings is 1. The summed E-state index contributed by atoms with van der Waals surface area (Å²) in [7, 11) is 1.61. The first-order valence-electron chi connectivity index (χ1n) is 8.98. The van der Waals surface area contributed by atoms with Crippen molar-refractivity contribution in [3.63, 3.8) is 0 Å². The number of para-hydroxylation sites is 2. The highest BCUT2D eigenvalue weighted by Crippen LogP contribution is 2.31. The van der Waals surface area contributed by atoms with E-state index in [1.807, 2.05) is 24.3 Å². The number of aromatic nitrogens is 2. The number of carbonyl (C=O) groups excluding carboxylic acids is 1. The zero-order valence-corrected chi connectivity index (χ0v) is 15.2. The van der Waals surface area contributed by atoms with Gasteiger partial charge >= 0.3 is 0 Å². The van der Waals surface area contributed by atoms with Gasteiger partial charge in [-0.15, -0.1) is 0 Å². The minimum Gasteiger partial charge on any atom is -0.495 e. The molecule has 142 valence electrons. The lowest BCUT2D eigenvalue weighted by molar-refractivity contribution is -0.181. The summed E-state index contributed by atoms with van der Waals surface area (Å²) in [5.41, 5.74) is 1.11. The lowest BCUT2D eigenvalue weighted by atomic mass is 10.0. The van der Waals surface area contributed by atoms with E-state index >= 15 is 0 Å². The number of carbonyl (C=O) groups is 1. The molecule has 1 aromatic carbocycles. The lowest BCUT2D eigenvalue weighted by Gasteiger charge is -2.37. The highest BCUT2D eigenvalue weighted by Gasteiger charge is 2.41. The molecule has 1 spiro atoms. The van der Waals surface area contributed by atoms with Crippen molar-refractivity contribution in [3.05, 3.63) is 42.4 Å². The fourth-order valence-corrected chi connectivity index (χ4v) is 3.39. The summed E-state index contributed by atoms with van der Waals surface area (Å²) < 4.78 is 16.7.